The molecular weight excluding hydrogens is 223 g/mol. The summed E-state index contributed by atoms with van der Waals surface area (Å²) < 4.78 is 2.26. The van der Waals surface area contributed by atoms with Crippen molar-refractivity contribution in [2.24, 2.45) is 5.92 Å². The molecule has 0 N–H and O–H groups in total. The van der Waals surface area contributed by atoms with Crippen LogP contribution in [0.2, 0.25) is 0 Å². The third-order valence-electron chi connectivity index (χ3n) is 1.48. The molecule has 0 aliphatic rings. The summed E-state index contributed by atoms with van der Waals surface area (Å²) in [5.41, 5.74) is 0. The standard InChI is InChI=1S/C8H16I/c1-3-4-5-6-8(2)7-9/h7-8H,3-6H2,1-2H3. The molecule has 0 aromatic carbocycles. The first-order valence-corrected chi connectivity index (χ1v) is 4.99. The lowest BCUT2D eigenvalue weighted by Crippen LogP contribution is -1.89. The van der Waals surface area contributed by atoms with E-state index in [-0.39, 0.29) is 0 Å². The maximum Gasteiger partial charge on any atom is 0.0256 e. The molecule has 0 aromatic heterocycles. The van der Waals surface area contributed by atoms with Crippen molar-refractivity contribution in [3.05, 3.63) is 4.43 Å². The number of hydrogen-bond donors (Lipinski definition) is 0. The molecule has 0 heterocycles. The van der Waals surface area contributed by atoms with E-state index in [0.717, 1.165) is 5.92 Å². The molecule has 0 spiro atoms. The predicted molar refractivity (Wildman–Crippen MR) is 51.6 cm³/mol. The highest BCUT2D eigenvalue weighted by molar-refractivity contribution is 14.1. The predicted octanol–water partition coefficient (Wildman–Crippen LogP) is 3.80. The van der Waals surface area contributed by atoms with Gasteiger partial charge in [-0.1, -0.05) is 55.7 Å². The first-order valence-electron chi connectivity index (χ1n) is 3.74. The third kappa shape index (κ3) is 6.62. The second-order valence-electron chi connectivity index (χ2n) is 2.60. The van der Waals surface area contributed by atoms with Gasteiger partial charge in [-0.2, -0.15) is 0 Å². The largest absolute Gasteiger partial charge is 0.0812 e. The number of halogens is 1. The summed E-state index contributed by atoms with van der Waals surface area (Å²) in [6, 6.07) is 0. The minimum atomic E-state index is 0.817. The molecule has 1 unspecified atom stereocenters. The van der Waals surface area contributed by atoms with Crippen molar-refractivity contribution in [2.45, 2.75) is 39.5 Å². The summed E-state index contributed by atoms with van der Waals surface area (Å²) in [6.07, 6.45) is 5.51. The Kier molecular flexibility index (Phi) is 7.40. The van der Waals surface area contributed by atoms with Crippen LogP contribution >= 0.6 is 22.6 Å². The van der Waals surface area contributed by atoms with Gasteiger partial charge in [-0.05, 0) is 12.3 Å². The SMILES string of the molecule is CCCCCC(C)[CH]I. The van der Waals surface area contributed by atoms with Crippen molar-refractivity contribution in [2.75, 3.05) is 0 Å². The third-order valence-corrected chi connectivity index (χ3v) is 2.71. The Balaban J connectivity index is 2.88. The van der Waals surface area contributed by atoms with Crippen molar-refractivity contribution in [1.29, 1.82) is 0 Å². The van der Waals surface area contributed by atoms with Crippen molar-refractivity contribution >= 4 is 22.6 Å². The fourth-order valence-electron chi connectivity index (χ4n) is 0.779. The average molecular weight is 239 g/mol. The zero-order valence-electron chi connectivity index (χ0n) is 6.36. The molecule has 1 radical (unpaired) electrons. The minimum Gasteiger partial charge on any atom is -0.0812 e. The molecule has 55 valence electrons. The van der Waals surface area contributed by atoms with E-state index in [1.165, 1.54) is 25.7 Å². The number of rotatable bonds is 5. The molecule has 0 nitrogen and oxygen atoms in total. The van der Waals surface area contributed by atoms with E-state index in [2.05, 4.69) is 40.9 Å². The lowest BCUT2D eigenvalue weighted by molar-refractivity contribution is 0.570. The summed E-state index contributed by atoms with van der Waals surface area (Å²) in [6.45, 7) is 4.53. The molecule has 9 heavy (non-hydrogen) atoms. The second-order valence-corrected chi connectivity index (χ2v) is 3.32. The molecule has 0 saturated carbocycles. The van der Waals surface area contributed by atoms with Crippen molar-refractivity contribution in [1.82, 2.24) is 0 Å². The summed E-state index contributed by atoms with van der Waals surface area (Å²) in [5.74, 6) is 0.817. The van der Waals surface area contributed by atoms with Gasteiger partial charge in [0.1, 0.15) is 0 Å². The molecule has 0 bridgehead atoms. The van der Waals surface area contributed by atoms with Crippen LogP contribution in [-0.4, -0.2) is 0 Å². The lowest BCUT2D eigenvalue weighted by Gasteiger charge is -2.04. The molecule has 0 rings (SSSR count). The molecule has 1 atom stereocenters. The monoisotopic (exact) mass is 239 g/mol. The molecule has 0 aromatic rings. The topological polar surface area (TPSA) is 0 Å². The van der Waals surface area contributed by atoms with Gasteiger partial charge in [0, 0.05) is 4.43 Å². The average Bonchev–Trinajstić information content (AvgIpc) is 1.89. The Hall–Kier alpha value is 0.730. The van der Waals surface area contributed by atoms with Gasteiger partial charge in [0.05, 0.1) is 0 Å². The van der Waals surface area contributed by atoms with Gasteiger partial charge < -0.3 is 0 Å². The molecule has 1 heteroatoms. The van der Waals surface area contributed by atoms with Crippen LogP contribution in [0.3, 0.4) is 0 Å². The normalized spacial score (nSPS) is 13.7. The van der Waals surface area contributed by atoms with Crippen LogP contribution in [0.5, 0.6) is 0 Å². The maximum absolute atomic E-state index is 2.34. The lowest BCUT2D eigenvalue weighted by atomic mass is 10.1. The first-order chi connectivity index (χ1) is 4.31. The van der Waals surface area contributed by atoms with Gasteiger partial charge in [0.2, 0.25) is 0 Å². The Labute approximate surface area is 72.6 Å². The summed E-state index contributed by atoms with van der Waals surface area (Å²) in [5, 5.41) is 0. The molecule has 0 aliphatic carbocycles. The van der Waals surface area contributed by atoms with Gasteiger partial charge in [-0.25, -0.2) is 0 Å². The van der Waals surface area contributed by atoms with E-state index in [0.29, 0.717) is 0 Å². The van der Waals surface area contributed by atoms with Crippen LogP contribution in [0.1, 0.15) is 39.5 Å². The van der Waals surface area contributed by atoms with E-state index < -0.39 is 0 Å². The van der Waals surface area contributed by atoms with Crippen LogP contribution in [0.25, 0.3) is 0 Å². The Bertz CT molecular complexity index is 52.5. The number of hydrogen-bond acceptors (Lipinski definition) is 0. The molecular formula is C8H16I. The zero-order valence-corrected chi connectivity index (χ0v) is 8.52. The first kappa shape index (κ1) is 9.73. The van der Waals surface area contributed by atoms with Crippen LogP contribution in [0, 0.1) is 10.3 Å². The second kappa shape index (κ2) is 6.84. The summed E-state index contributed by atoms with van der Waals surface area (Å²) in [7, 11) is 0. The zero-order chi connectivity index (χ0) is 7.11. The highest BCUT2D eigenvalue weighted by Gasteiger charge is 1.97. The van der Waals surface area contributed by atoms with E-state index in [4.69, 9.17) is 0 Å². The minimum absolute atomic E-state index is 0.817. The van der Waals surface area contributed by atoms with Gasteiger partial charge in [-0.3, -0.25) is 0 Å². The molecule has 0 aliphatic heterocycles. The van der Waals surface area contributed by atoms with E-state index >= 15 is 0 Å². The number of unbranched alkanes of at least 4 members (excludes halogenated alkanes) is 2. The summed E-state index contributed by atoms with van der Waals surface area (Å²) >= 11 is 2.34. The summed E-state index contributed by atoms with van der Waals surface area (Å²) in [4.78, 5) is 0. The van der Waals surface area contributed by atoms with Crippen LogP contribution < -0.4 is 0 Å². The molecule has 0 fully saturated rings. The van der Waals surface area contributed by atoms with Crippen molar-refractivity contribution in [3.8, 4) is 0 Å². The van der Waals surface area contributed by atoms with Crippen molar-refractivity contribution in [3.63, 3.8) is 0 Å². The van der Waals surface area contributed by atoms with Gasteiger partial charge in [0.25, 0.3) is 0 Å². The fourth-order valence-corrected chi connectivity index (χ4v) is 1.14. The maximum atomic E-state index is 2.34. The quantitative estimate of drug-likeness (QED) is 0.505. The van der Waals surface area contributed by atoms with Crippen LogP contribution in [0.4, 0.5) is 0 Å². The van der Waals surface area contributed by atoms with Gasteiger partial charge in [-0.15, -0.1) is 0 Å². The molecule has 0 saturated heterocycles. The van der Waals surface area contributed by atoms with Gasteiger partial charge >= 0.3 is 0 Å². The van der Waals surface area contributed by atoms with Crippen molar-refractivity contribution < 1.29 is 0 Å². The van der Waals surface area contributed by atoms with Crippen LogP contribution in [-0.2, 0) is 0 Å². The van der Waals surface area contributed by atoms with Gasteiger partial charge in [0.15, 0.2) is 0 Å². The Morgan fingerprint density at radius 1 is 1.44 bits per heavy atom. The van der Waals surface area contributed by atoms with Crippen LogP contribution in [0.15, 0.2) is 0 Å². The highest BCUT2D eigenvalue weighted by atomic mass is 127. The highest BCUT2D eigenvalue weighted by Crippen LogP contribution is 2.14. The van der Waals surface area contributed by atoms with E-state index in [1.54, 1.807) is 0 Å². The fraction of sp³-hybridized carbons (Fsp3) is 0.875. The Morgan fingerprint density at radius 3 is 2.56 bits per heavy atom. The smallest absolute Gasteiger partial charge is 0.0256 e. The van der Waals surface area contributed by atoms with E-state index in [9.17, 15) is 0 Å². The van der Waals surface area contributed by atoms with E-state index in [1.807, 2.05) is 0 Å². The molecule has 0 amide bonds. The Morgan fingerprint density at radius 2 is 2.11 bits per heavy atom.